The van der Waals surface area contributed by atoms with Gasteiger partial charge in [-0.3, -0.25) is 9.69 Å². The van der Waals surface area contributed by atoms with E-state index in [1.165, 1.54) is 5.56 Å². The van der Waals surface area contributed by atoms with Crippen molar-refractivity contribution in [1.82, 2.24) is 10.2 Å². The molecule has 2 aromatic rings. The van der Waals surface area contributed by atoms with Crippen molar-refractivity contribution in [2.75, 3.05) is 33.4 Å². The van der Waals surface area contributed by atoms with Gasteiger partial charge in [0, 0.05) is 31.7 Å². The Labute approximate surface area is 174 Å². The van der Waals surface area contributed by atoms with Gasteiger partial charge in [-0.25, -0.2) is 0 Å². The van der Waals surface area contributed by atoms with E-state index in [0.29, 0.717) is 12.1 Å². The van der Waals surface area contributed by atoms with Crippen LogP contribution in [0, 0.1) is 6.92 Å². The van der Waals surface area contributed by atoms with Crippen molar-refractivity contribution in [2.45, 2.75) is 39.8 Å². The fourth-order valence-corrected chi connectivity index (χ4v) is 3.73. The van der Waals surface area contributed by atoms with Gasteiger partial charge in [0.05, 0.1) is 20.3 Å². The fraction of sp³-hybridized carbons (Fsp3) is 0.458. The second-order valence-corrected chi connectivity index (χ2v) is 7.90. The van der Waals surface area contributed by atoms with Crippen LogP contribution in [-0.4, -0.2) is 44.2 Å². The van der Waals surface area contributed by atoms with Crippen LogP contribution < -0.4 is 10.1 Å². The number of hydrogen-bond acceptors (Lipinski definition) is 4. The summed E-state index contributed by atoms with van der Waals surface area (Å²) in [5.41, 5.74) is 5.09. The number of rotatable bonds is 7. The third-order valence-electron chi connectivity index (χ3n) is 5.50. The van der Waals surface area contributed by atoms with Crippen molar-refractivity contribution >= 4 is 5.91 Å². The molecule has 1 saturated heterocycles. The summed E-state index contributed by atoms with van der Waals surface area (Å²) in [6.45, 7) is 11.0. The molecule has 0 unspecified atom stereocenters. The predicted molar refractivity (Wildman–Crippen MR) is 116 cm³/mol. The standard InChI is InChI=1S/C24H32N2O3/c1-17(2)21-14-22(18(3)13-23(21)28-4)24(27)25-15-19-7-5-6-8-20(19)16-26-9-11-29-12-10-26/h5-8,13-14,17H,9-12,15-16H2,1-4H3,(H,25,27). The van der Waals surface area contributed by atoms with Crippen molar-refractivity contribution in [1.29, 1.82) is 0 Å². The molecule has 1 heterocycles. The van der Waals surface area contributed by atoms with Crippen LogP contribution >= 0.6 is 0 Å². The summed E-state index contributed by atoms with van der Waals surface area (Å²) >= 11 is 0. The molecule has 1 fully saturated rings. The Kier molecular flexibility index (Phi) is 7.29. The van der Waals surface area contributed by atoms with E-state index in [9.17, 15) is 4.79 Å². The van der Waals surface area contributed by atoms with Gasteiger partial charge in [-0.2, -0.15) is 0 Å². The van der Waals surface area contributed by atoms with Crippen LogP contribution in [0.2, 0.25) is 0 Å². The third-order valence-corrected chi connectivity index (χ3v) is 5.50. The minimum absolute atomic E-state index is 0.0479. The normalized spacial score (nSPS) is 14.8. The summed E-state index contributed by atoms with van der Waals surface area (Å²) in [6, 6.07) is 12.2. The first-order chi connectivity index (χ1) is 14.0. The van der Waals surface area contributed by atoms with Gasteiger partial charge in [0.2, 0.25) is 0 Å². The summed E-state index contributed by atoms with van der Waals surface area (Å²) in [5.74, 6) is 1.07. The van der Waals surface area contributed by atoms with Crippen LogP contribution in [0.25, 0.3) is 0 Å². The van der Waals surface area contributed by atoms with Gasteiger partial charge in [-0.05, 0) is 47.2 Å². The van der Waals surface area contributed by atoms with E-state index in [0.717, 1.165) is 55.3 Å². The Hall–Kier alpha value is -2.37. The number of hydrogen-bond donors (Lipinski definition) is 1. The lowest BCUT2D eigenvalue weighted by molar-refractivity contribution is 0.0340. The van der Waals surface area contributed by atoms with E-state index in [2.05, 4.69) is 42.3 Å². The van der Waals surface area contributed by atoms with Gasteiger partial charge in [0.15, 0.2) is 0 Å². The van der Waals surface area contributed by atoms with E-state index in [-0.39, 0.29) is 11.8 Å². The largest absolute Gasteiger partial charge is 0.496 e. The highest BCUT2D eigenvalue weighted by molar-refractivity contribution is 5.96. The monoisotopic (exact) mass is 396 g/mol. The van der Waals surface area contributed by atoms with Crippen molar-refractivity contribution in [3.05, 3.63) is 64.2 Å². The number of amides is 1. The minimum Gasteiger partial charge on any atom is -0.496 e. The summed E-state index contributed by atoms with van der Waals surface area (Å²) in [7, 11) is 1.67. The number of aryl methyl sites for hydroxylation is 1. The van der Waals surface area contributed by atoms with E-state index >= 15 is 0 Å². The third kappa shape index (κ3) is 5.37. The second kappa shape index (κ2) is 9.90. The number of morpholine rings is 1. The SMILES string of the molecule is COc1cc(C)c(C(=O)NCc2ccccc2CN2CCOCC2)cc1C(C)C. The molecular formula is C24H32N2O3. The van der Waals surface area contributed by atoms with E-state index in [4.69, 9.17) is 9.47 Å². The van der Waals surface area contributed by atoms with Gasteiger partial charge in [0.25, 0.3) is 5.91 Å². The Morgan fingerprint density at radius 2 is 1.86 bits per heavy atom. The molecule has 156 valence electrons. The maximum Gasteiger partial charge on any atom is 0.251 e. The molecule has 0 bridgehead atoms. The molecule has 3 rings (SSSR count). The zero-order valence-electron chi connectivity index (χ0n) is 18.0. The van der Waals surface area contributed by atoms with Crippen molar-refractivity contribution < 1.29 is 14.3 Å². The van der Waals surface area contributed by atoms with Crippen molar-refractivity contribution in [3.8, 4) is 5.75 Å². The summed E-state index contributed by atoms with van der Waals surface area (Å²) in [5, 5.41) is 3.11. The summed E-state index contributed by atoms with van der Waals surface area (Å²) < 4.78 is 10.9. The number of carbonyl (C=O) groups excluding carboxylic acids is 1. The Morgan fingerprint density at radius 1 is 1.17 bits per heavy atom. The maximum absolute atomic E-state index is 12.9. The van der Waals surface area contributed by atoms with Crippen LogP contribution in [0.3, 0.4) is 0 Å². The van der Waals surface area contributed by atoms with Gasteiger partial charge in [0.1, 0.15) is 5.75 Å². The van der Waals surface area contributed by atoms with Gasteiger partial charge in [-0.15, -0.1) is 0 Å². The van der Waals surface area contributed by atoms with Crippen LogP contribution in [0.5, 0.6) is 5.75 Å². The van der Waals surface area contributed by atoms with Crippen LogP contribution in [-0.2, 0) is 17.8 Å². The molecule has 0 spiro atoms. The van der Waals surface area contributed by atoms with E-state index < -0.39 is 0 Å². The lowest BCUT2D eigenvalue weighted by Gasteiger charge is -2.27. The van der Waals surface area contributed by atoms with E-state index in [1.54, 1.807) is 7.11 Å². The number of nitrogens with one attached hydrogen (secondary N) is 1. The molecular weight excluding hydrogens is 364 g/mol. The van der Waals surface area contributed by atoms with Gasteiger partial charge < -0.3 is 14.8 Å². The number of carbonyl (C=O) groups is 1. The molecule has 0 saturated carbocycles. The molecule has 5 nitrogen and oxygen atoms in total. The lowest BCUT2D eigenvalue weighted by Crippen LogP contribution is -2.36. The Bertz CT molecular complexity index is 842. The molecule has 0 aromatic heterocycles. The molecule has 2 aromatic carbocycles. The Morgan fingerprint density at radius 3 is 2.52 bits per heavy atom. The summed E-state index contributed by atoms with van der Waals surface area (Å²) in [6.07, 6.45) is 0. The Balaban J connectivity index is 1.72. The first kappa shape index (κ1) is 21.3. The minimum atomic E-state index is -0.0479. The quantitative estimate of drug-likeness (QED) is 0.771. The van der Waals surface area contributed by atoms with Crippen molar-refractivity contribution in [3.63, 3.8) is 0 Å². The van der Waals surface area contributed by atoms with Crippen LogP contribution in [0.1, 0.15) is 52.4 Å². The molecule has 1 N–H and O–H groups in total. The highest BCUT2D eigenvalue weighted by Gasteiger charge is 2.17. The van der Waals surface area contributed by atoms with Crippen molar-refractivity contribution in [2.24, 2.45) is 0 Å². The molecule has 0 radical (unpaired) electrons. The van der Waals surface area contributed by atoms with E-state index in [1.807, 2.05) is 25.1 Å². The predicted octanol–water partition coefficient (Wildman–Crippen LogP) is 3.89. The number of nitrogens with zero attached hydrogens (tertiary/aromatic N) is 1. The molecule has 1 amide bonds. The van der Waals surface area contributed by atoms with Gasteiger partial charge in [-0.1, -0.05) is 38.1 Å². The number of ether oxygens (including phenoxy) is 2. The lowest BCUT2D eigenvalue weighted by atomic mass is 9.96. The zero-order valence-corrected chi connectivity index (χ0v) is 18.0. The molecule has 0 atom stereocenters. The molecule has 1 aliphatic heterocycles. The van der Waals surface area contributed by atoms with Crippen LogP contribution in [0.4, 0.5) is 0 Å². The highest BCUT2D eigenvalue weighted by Crippen LogP contribution is 2.29. The first-order valence-electron chi connectivity index (χ1n) is 10.3. The maximum atomic E-state index is 12.9. The van der Waals surface area contributed by atoms with Crippen LogP contribution in [0.15, 0.2) is 36.4 Å². The number of methoxy groups -OCH3 is 1. The fourth-order valence-electron chi connectivity index (χ4n) is 3.73. The number of benzene rings is 2. The van der Waals surface area contributed by atoms with Gasteiger partial charge >= 0.3 is 0 Å². The highest BCUT2D eigenvalue weighted by atomic mass is 16.5. The second-order valence-electron chi connectivity index (χ2n) is 7.90. The zero-order chi connectivity index (χ0) is 20.8. The average molecular weight is 397 g/mol. The summed E-state index contributed by atoms with van der Waals surface area (Å²) in [4.78, 5) is 15.3. The molecule has 29 heavy (non-hydrogen) atoms. The smallest absolute Gasteiger partial charge is 0.251 e. The average Bonchev–Trinajstić information content (AvgIpc) is 2.73. The molecule has 0 aliphatic carbocycles. The topological polar surface area (TPSA) is 50.8 Å². The molecule has 5 heteroatoms. The molecule has 1 aliphatic rings. The first-order valence-corrected chi connectivity index (χ1v) is 10.3.